The molecule has 1 aromatic carbocycles. The Bertz CT molecular complexity index is 694. The van der Waals surface area contributed by atoms with E-state index in [9.17, 15) is 0 Å². The molecule has 0 atom stereocenters. The van der Waals surface area contributed by atoms with Crippen molar-refractivity contribution in [3.8, 4) is 17.3 Å². The Morgan fingerprint density at radius 3 is 2.60 bits per heavy atom. The predicted molar refractivity (Wildman–Crippen MR) is 80.5 cm³/mol. The van der Waals surface area contributed by atoms with E-state index in [0.717, 1.165) is 11.3 Å². The summed E-state index contributed by atoms with van der Waals surface area (Å²) in [7, 11) is 0. The fourth-order valence-electron chi connectivity index (χ4n) is 2.14. The highest BCUT2D eigenvalue weighted by Crippen LogP contribution is 2.28. The smallest absolute Gasteiger partial charge is 0.144 e. The van der Waals surface area contributed by atoms with Crippen LogP contribution in [0.1, 0.15) is 29.5 Å². The maximum atomic E-state index is 9.16. The Kier molecular flexibility index (Phi) is 3.15. The van der Waals surface area contributed by atoms with Crippen LogP contribution >= 0.6 is 0 Å². The molecule has 0 saturated heterocycles. The van der Waals surface area contributed by atoms with Gasteiger partial charge in [-0.2, -0.15) is 5.26 Å². The number of nitriles is 1. The topological polar surface area (TPSA) is 48.7 Å². The van der Waals surface area contributed by atoms with Crippen LogP contribution in [0.15, 0.2) is 30.3 Å². The van der Waals surface area contributed by atoms with Gasteiger partial charge in [0.2, 0.25) is 0 Å². The lowest BCUT2D eigenvalue weighted by Gasteiger charge is -2.09. The van der Waals surface area contributed by atoms with Gasteiger partial charge in [-0.05, 0) is 56.0 Å². The van der Waals surface area contributed by atoms with Gasteiger partial charge in [0, 0.05) is 11.6 Å². The van der Waals surface area contributed by atoms with Crippen LogP contribution in [0.3, 0.4) is 0 Å². The molecule has 3 rings (SSSR count). The van der Waals surface area contributed by atoms with E-state index in [4.69, 9.17) is 5.26 Å². The first kappa shape index (κ1) is 12.7. The highest BCUT2D eigenvalue weighted by molar-refractivity contribution is 5.66. The third kappa shape index (κ3) is 2.50. The number of anilines is 1. The van der Waals surface area contributed by atoms with Crippen LogP contribution in [-0.2, 0) is 0 Å². The van der Waals surface area contributed by atoms with Crippen molar-refractivity contribution in [2.45, 2.75) is 32.7 Å². The average Bonchev–Trinajstić information content (AvgIpc) is 3.26. The van der Waals surface area contributed by atoms with Gasteiger partial charge in [-0.1, -0.05) is 12.1 Å². The van der Waals surface area contributed by atoms with Crippen molar-refractivity contribution in [3.63, 3.8) is 0 Å². The minimum Gasteiger partial charge on any atom is -0.366 e. The van der Waals surface area contributed by atoms with Gasteiger partial charge in [0.1, 0.15) is 11.9 Å². The fourth-order valence-corrected chi connectivity index (χ4v) is 2.14. The second kappa shape index (κ2) is 4.97. The maximum absolute atomic E-state index is 9.16. The van der Waals surface area contributed by atoms with Crippen LogP contribution in [-0.4, -0.2) is 11.0 Å². The third-order valence-electron chi connectivity index (χ3n) is 3.74. The minimum absolute atomic E-state index is 0.490. The maximum Gasteiger partial charge on any atom is 0.144 e. The molecule has 1 aliphatic rings. The van der Waals surface area contributed by atoms with Crippen molar-refractivity contribution in [1.82, 2.24) is 4.98 Å². The summed E-state index contributed by atoms with van der Waals surface area (Å²) >= 11 is 0. The van der Waals surface area contributed by atoms with Crippen LogP contribution in [0.25, 0.3) is 11.3 Å². The minimum atomic E-state index is 0.490. The van der Waals surface area contributed by atoms with Gasteiger partial charge in [0.05, 0.1) is 11.3 Å². The van der Waals surface area contributed by atoms with Gasteiger partial charge in [-0.3, -0.25) is 0 Å². The molecule has 20 heavy (non-hydrogen) atoms. The molecule has 0 amide bonds. The molecular formula is C17H17N3. The fraction of sp³-hybridized carbons (Fsp3) is 0.294. The molecule has 1 heterocycles. The Balaban J connectivity index is 2.00. The number of nitrogens with one attached hydrogen (secondary N) is 1. The Labute approximate surface area is 119 Å². The average molecular weight is 263 g/mol. The zero-order valence-electron chi connectivity index (χ0n) is 11.8. The van der Waals surface area contributed by atoms with Gasteiger partial charge in [0.15, 0.2) is 0 Å². The van der Waals surface area contributed by atoms with Crippen LogP contribution < -0.4 is 5.32 Å². The quantitative estimate of drug-likeness (QED) is 0.916. The van der Waals surface area contributed by atoms with Crippen molar-refractivity contribution in [2.75, 3.05) is 5.32 Å². The molecule has 0 bridgehead atoms. The molecule has 3 nitrogen and oxygen atoms in total. The lowest BCUT2D eigenvalue weighted by atomic mass is 10.0. The van der Waals surface area contributed by atoms with Crippen LogP contribution in [0.5, 0.6) is 0 Å². The van der Waals surface area contributed by atoms with Crippen LogP contribution in [0, 0.1) is 25.2 Å². The van der Waals surface area contributed by atoms with E-state index in [-0.39, 0.29) is 0 Å². The third-order valence-corrected chi connectivity index (χ3v) is 3.74. The molecule has 0 aliphatic heterocycles. The highest BCUT2D eigenvalue weighted by Gasteiger charge is 2.22. The summed E-state index contributed by atoms with van der Waals surface area (Å²) in [5, 5.41) is 12.5. The number of benzene rings is 1. The van der Waals surface area contributed by atoms with Crippen LogP contribution in [0.4, 0.5) is 5.82 Å². The molecule has 1 fully saturated rings. The summed E-state index contributed by atoms with van der Waals surface area (Å²) in [5.74, 6) is 0.714. The van der Waals surface area contributed by atoms with Gasteiger partial charge in [0.25, 0.3) is 0 Å². The number of aromatic nitrogens is 1. The van der Waals surface area contributed by atoms with Gasteiger partial charge in [-0.15, -0.1) is 0 Å². The van der Waals surface area contributed by atoms with E-state index < -0.39 is 0 Å². The van der Waals surface area contributed by atoms with E-state index in [0.29, 0.717) is 17.4 Å². The van der Waals surface area contributed by atoms with Gasteiger partial charge < -0.3 is 5.32 Å². The van der Waals surface area contributed by atoms with Crippen molar-refractivity contribution in [1.29, 1.82) is 5.26 Å². The number of nitrogens with zero attached hydrogens (tertiary/aromatic N) is 2. The SMILES string of the molecule is Cc1ccc(-c2ccc(C#N)c(NC3CC3)n2)cc1C. The van der Waals surface area contributed by atoms with Crippen molar-refractivity contribution >= 4 is 5.82 Å². The number of hydrogen-bond donors (Lipinski definition) is 1. The number of aryl methyl sites for hydroxylation is 2. The summed E-state index contributed by atoms with van der Waals surface area (Å²) in [6, 6.07) is 12.8. The zero-order chi connectivity index (χ0) is 14.1. The Hall–Kier alpha value is -2.34. The van der Waals surface area contributed by atoms with E-state index in [1.165, 1.54) is 24.0 Å². The van der Waals surface area contributed by atoms with E-state index in [1.807, 2.05) is 12.1 Å². The standard InChI is InChI=1S/C17H17N3/c1-11-3-4-13(9-12(11)2)16-8-5-14(10-18)17(20-16)19-15-6-7-15/h3-5,8-9,15H,6-7H2,1-2H3,(H,19,20). The molecule has 1 aliphatic carbocycles. The molecular weight excluding hydrogens is 246 g/mol. The number of rotatable bonds is 3. The monoisotopic (exact) mass is 263 g/mol. The van der Waals surface area contributed by atoms with Crippen molar-refractivity contribution < 1.29 is 0 Å². The lowest BCUT2D eigenvalue weighted by Crippen LogP contribution is -2.05. The number of hydrogen-bond acceptors (Lipinski definition) is 3. The molecule has 0 radical (unpaired) electrons. The lowest BCUT2D eigenvalue weighted by molar-refractivity contribution is 1.11. The van der Waals surface area contributed by atoms with E-state index in [1.54, 1.807) is 0 Å². The first-order valence-electron chi connectivity index (χ1n) is 6.92. The molecule has 1 N–H and O–H groups in total. The molecule has 1 saturated carbocycles. The Morgan fingerprint density at radius 1 is 1.15 bits per heavy atom. The second-order valence-corrected chi connectivity index (χ2v) is 5.42. The van der Waals surface area contributed by atoms with Crippen LogP contribution in [0.2, 0.25) is 0 Å². The molecule has 2 aromatic rings. The predicted octanol–water partition coefficient (Wildman–Crippen LogP) is 3.81. The summed E-state index contributed by atoms with van der Waals surface area (Å²) < 4.78 is 0. The Morgan fingerprint density at radius 2 is 1.95 bits per heavy atom. The normalized spacial score (nSPS) is 13.8. The number of pyridine rings is 1. The van der Waals surface area contributed by atoms with E-state index in [2.05, 4.69) is 48.4 Å². The first-order chi connectivity index (χ1) is 9.67. The van der Waals surface area contributed by atoms with E-state index >= 15 is 0 Å². The first-order valence-corrected chi connectivity index (χ1v) is 6.92. The summed E-state index contributed by atoms with van der Waals surface area (Å²) in [6.45, 7) is 4.21. The molecule has 100 valence electrons. The largest absolute Gasteiger partial charge is 0.366 e. The summed E-state index contributed by atoms with van der Waals surface area (Å²) in [5.41, 5.74) is 5.15. The highest BCUT2D eigenvalue weighted by atomic mass is 15.0. The summed E-state index contributed by atoms with van der Waals surface area (Å²) in [6.07, 6.45) is 2.33. The van der Waals surface area contributed by atoms with Gasteiger partial charge >= 0.3 is 0 Å². The second-order valence-electron chi connectivity index (χ2n) is 5.42. The van der Waals surface area contributed by atoms with Crippen molar-refractivity contribution in [3.05, 3.63) is 47.0 Å². The molecule has 3 heteroatoms. The molecule has 0 spiro atoms. The molecule has 0 unspecified atom stereocenters. The van der Waals surface area contributed by atoms with Gasteiger partial charge in [-0.25, -0.2) is 4.98 Å². The summed E-state index contributed by atoms with van der Waals surface area (Å²) in [4.78, 5) is 4.63. The molecule has 1 aromatic heterocycles. The zero-order valence-corrected chi connectivity index (χ0v) is 11.8. The van der Waals surface area contributed by atoms with Crippen molar-refractivity contribution in [2.24, 2.45) is 0 Å².